The fourth-order valence-electron chi connectivity index (χ4n) is 3.31. The Bertz CT molecular complexity index is 1090. The Kier molecular flexibility index (Phi) is 7.88. The highest BCUT2D eigenvalue weighted by atomic mass is 19.1. The summed E-state index contributed by atoms with van der Waals surface area (Å²) in [6.07, 6.45) is -1.70. The number of carbonyl (C=O) groups excluding carboxylic acids is 3. The first-order chi connectivity index (χ1) is 15.8. The number of hydrogen-bond donors (Lipinski definition) is 4. The summed E-state index contributed by atoms with van der Waals surface area (Å²) in [4.78, 5) is 37.5. The van der Waals surface area contributed by atoms with Gasteiger partial charge in [0.2, 0.25) is 5.91 Å². The maximum Gasteiger partial charge on any atom is 0.252 e. The Balaban J connectivity index is 1.78. The number of amides is 3. The summed E-state index contributed by atoms with van der Waals surface area (Å²) >= 11 is 0. The van der Waals surface area contributed by atoms with E-state index in [9.17, 15) is 23.9 Å². The van der Waals surface area contributed by atoms with Crippen molar-refractivity contribution in [2.45, 2.75) is 24.6 Å². The third kappa shape index (κ3) is 6.47. The first kappa shape index (κ1) is 23.6. The van der Waals surface area contributed by atoms with Crippen LogP contribution in [0.5, 0.6) is 0 Å². The molecule has 0 saturated carbocycles. The first-order valence-electron chi connectivity index (χ1n) is 10.3. The normalized spacial score (nSPS) is 13.4. The molecule has 8 heteroatoms. The van der Waals surface area contributed by atoms with Crippen LogP contribution in [-0.2, 0) is 16.0 Å². The quantitative estimate of drug-likeness (QED) is 0.398. The lowest BCUT2D eigenvalue weighted by Gasteiger charge is -2.26. The van der Waals surface area contributed by atoms with E-state index in [-0.39, 0.29) is 6.42 Å². The van der Waals surface area contributed by atoms with Crippen molar-refractivity contribution < 1.29 is 23.9 Å². The van der Waals surface area contributed by atoms with E-state index < -0.39 is 41.7 Å². The van der Waals surface area contributed by atoms with Gasteiger partial charge in [-0.3, -0.25) is 14.4 Å². The van der Waals surface area contributed by atoms with Gasteiger partial charge in [-0.15, -0.1) is 0 Å². The van der Waals surface area contributed by atoms with E-state index in [2.05, 4.69) is 10.6 Å². The summed E-state index contributed by atoms with van der Waals surface area (Å²) in [6.45, 7) is 0. The fraction of sp³-hybridized carbons (Fsp3) is 0.160. The Labute approximate surface area is 190 Å². The second-order valence-electron chi connectivity index (χ2n) is 7.47. The summed E-state index contributed by atoms with van der Waals surface area (Å²) in [7, 11) is 0. The molecule has 3 atom stereocenters. The maximum absolute atomic E-state index is 13.1. The average molecular weight is 449 g/mol. The van der Waals surface area contributed by atoms with E-state index in [0.717, 1.165) is 0 Å². The van der Waals surface area contributed by atoms with Gasteiger partial charge in [0, 0.05) is 12.0 Å². The number of halogens is 1. The number of aliphatic hydroxyl groups is 1. The molecule has 5 N–H and O–H groups in total. The van der Waals surface area contributed by atoms with Crippen molar-refractivity contribution >= 4 is 17.7 Å². The maximum atomic E-state index is 13.1. The van der Waals surface area contributed by atoms with Crippen molar-refractivity contribution in [3.05, 3.63) is 107 Å². The van der Waals surface area contributed by atoms with Crippen molar-refractivity contribution in [3.8, 4) is 0 Å². The molecule has 0 aromatic heterocycles. The molecule has 3 amide bonds. The van der Waals surface area contributed by atoms with Crippen LogP contribution in [0.15, 0.2) is 84.9 Å². The molecular formula is C25H24FN3O4. The number of rotatable bonds is 9. The van der Waals surface area contributed by atoms with Gasteiger partial charge < -0.3 is 21.5 Å². The van der Waals surface area contributed by atoms with Crippen LogP contribution in [0.25, 0.3) is 0 Å². The Morgan fingerprint density at radius 2 is 1.42 bits per heavy atom. The van der Waals surface area contributed by atoms with Crippen LogP contribution in [0, 0.1) is 5.82 Å². The largest absolute Gasteiger partial charge is 0.381 e. The standard InChI is InChI=1S/C25H24FN3O4/c26-19-13-11-16(12-14-19)15-20(23(27)31)28-25(33)22(30)21(17-7-3-1-4-8-17)29-24(32)18-9-5-2-6-10-18/h1-14,20-22,30H,15H2,(H2,27,31)(H,28,33)(H,29,32)/t20-,21+,22-/m1/s1. The Morgan fingerprint density at radius 3 is 2.00 bits per heavy atom. The average Bonchev–Trinajstić information content (AvgIpc) is 2.83. The number of nitrogens with one attached hydrogen (secondary N) is 2. The van der Waals surface area contributed by atoms with Crippen LogP contribution in [0.2, 0.25) is 0 Å². The Morgan fingerprint density at radius 1 is 0.848 bits per heavy atom. The molecule has 0 spiro atoms. The Hall–Kier alpha value is -4.04. The van der Waals surface area contributed by atoms with Crippen molar-refractivity contribution in [2.75, 3.05) is 0 Å². The van der Waals surface area contributed by atoms with Crippen LogP contribution in [0.3, 0.4) is 0 Å². The van der Waals surface area contributed by atoms with Crippen LogP contribution in [-0.4, -0.2) is 35.0 Å². The fourth-order valence-corrected chi connectivity index (χ4v) is 3.31. The number of primary amides is 1. The molecule has 3 aromatic carbocycles. The van der Waals surface area contributed by atoms with Crippen LogP contribution in [0.4, 0.5) is 4.39 Å². The molecule has 3 aromatic rings. The lowest BCUT2D eigenvalue weighted by molar-refractivity contribution is -0.134. The zero-order chi connectivity index (χ0) is 23.8. The van der Waals surface area contributed by atoms with Gasteiger partial charge in [0.25, 0.3) is 11.8 Å². The predicted molar refractivity (Wildman–Crippen MR) is 120 cm³/mol. The molecule has 0 saturated heterocycles. The highest BCUT2D eigenvalue weighted by molar-refractivity contribution is 5.95. The number of benzene rings is 3. The van der Waals surface area contributed by atoms with Crippen molar-refractivity contribution in [2.24, 2.45) is 5.73 Å². The third-order valence-electron chi connectivity index (χ3n) is 5.08. The molecule has 0 fully saturated rings. The molecule has 0 aliphatic heterocycles. The van der Waals surface area contributed by atoms with Gasteiger partial charge in [-0.2, -0.15) is 0 Å². The highest BCUT2D eigenvalue weighted by Gasteiger charge is 2.31. The second kappa shape index (κ2) is 11.0. The third-order valence-corrected chi connectivity index (χ3v) is 5.08. The molecular weight excluding hydrogens is 425 g/mol. The van der Waals surface area contributed by atoms with E-state index in [0.29, 0.717) is 16.7 Å². The molecule has 0 bridgehead atoms. The van der Waals surface area contributed by atoms with Gasteiger partial charge in [0.05, 0.1) is 6.04 Å². The van der Waals surface area contributed by atoms with Gasteiger partial charge in [0.1, 0.15) is 11.9 Å². The van der Waals surface area contributed by atoms with E-state index in [1.807, 2.05) is 0 Å². The summed E-state index contributed by atoms with van der Waals surface area (Å²) in [5, 5.41) is 15.9. The smallest absolute Gasteiger partial charge is 0.252 e. The minimum atomic E-state index is -1.71. The molecule has 33 heavy (non-hydrogen) atoms. The first-order valence-corrected chi connectivity index (χ1v) is 10.3. The van der Waals surface area contributed by atoms with E-state index in [1.165, 1.54) is 24.3 Å². The van der Waals surface area contributed by atoms with Gasteiger partial charge in [-0.05, 0) is 35.4 Å². The summed E-state index contributed by atoms with van der Waals surface area (Å²) in [6, 6.07) is 20.1. The highest BCUT2D eigenvalue weighted by Crippen LogP contribution is 2.19. The van der Waals surface area contributed by atoms with Gasteiger partial charge in [-0.1, -0.05) is 60.7 Å². The molecule has 3 rings (SSSR count). The summed E-state index contributed by atoms with van der Waals surface area (Å²) in [5.41, 5.74) is 6.86. The van der Waals surface area contributed by atoms with Crippen molar-refractivity contribution in [1.82, 2.24) is 10.6 Å². The van der Waals surface area contributed by atoms with E-state index in [4.69, 9.17) is 5.73 Å². The second-order valence-corrected chi connectivity index (χ2v) is 7.47. The van der Waals surface area contributed by atoms with Crippen LogP contribution < -0.4 is 16.4 Å². The molecule has 0 heterocycles. The lowest BCUT2D eigenvalue weighted by Crippen LogP contribution is -2.52. The number of carbonyl (C=O) groups is 3. The van der Waals surface area contributed by atoms with E-state index in [1.54, 1.807) is 60.7 Å². The molecule has 0 unspecified atom stereocenters. The van der Waals surface area contributed by atoms with Gasteiger partial charge >= 0.3 is 0 Å². The SMILES string of the molecule is NC(=O)[C@@H](Cc1ccc(F)cc1)NC(=O)[C@H](O)[C@@H](NC(=O)c1ccccc1)c1ccccc1. The molecule has 0 aliphatic carbocycles. The summed E-state index contributed by atoms with van der Waals surface area (Å²) < 4.78 is 13.1. The lowest BCUT2D eigenvalue weighted by atomic mass is 9.99. The number of aliphatic hydroxyl groups excluding tert-OH is 1. The number of hydrogen-bond acceptors (Lipinski definition) is 4. The predicted octanol–water partition coefficient (Wildman–Crippen LogP) is 1.87. The van der Waals surface area contributed by atoms with Crippen molar-refractivity contribution in [3.63, 3.8) is 0 Å². The molecule has 0 aliphatic rings. The van der Waals surface area contributed by atoms with Crippen molar-refractivity contribution in [1.29, 1.82) is 0 Å². The minimum Gasteiger partial charge on any atom is -0.381 e. The topological polar surface area (TPSA) is 122 Å². The van der Waals surface area contributed by atoms with Gasteiger partial charge in [-0.25, -0.2) is 4.39 Å². The van der Waals surface area contributed by atoms with Crippen LogP contribution >= 0.6 is 0 Å². The minimum absolute atomic E-state index is 0.0143. The van der Waals surface area contributed by atoms with Crippen LogP contribution in [0.1, 0.15) is 27.5 Å². The monoisotopic (exact) mass is 449 g/mol. The molecule has 0 radical (unpaired) electrons. The number of nitrogens with two attached hydrogens (primary N) is 1. The summed E-state index contributed by atoms with van der Waals surface area (Å²) in [5.74, 6) is -2.62. The molecule has 170 valence electrons. The zero-order valence-corrected chi connectivity index (χ0v) is 17.6. The molecule has 7 nitrogen and oxygen atoms in total. The zero-order valence-electron chi connectivity index (χ0n) is 17.6. The van der Waals surface area contributed by atoms with E-state index >= 15 is 0 Å². The van der Waals surface area contributed by atoms with Gasteiger partial charge in [0.15, 0.2) is 6.10 Å².